The number of piperazine rings is 1. The molecular weight excluding hydrogens is 328 g/mol. The summed E-state index contributed by atoms with van der Waals surface area (Å²) < 4.78 is 26.7. The van der Waals surface area contributed by atoms with E-state index in [4.69, 9.17) is 0 Å². The predicted octanol–water partition coefficient (Wildman–Crippen LogP) is 0.606. The maximum Gasteiger partial charge on any atom is 0.241 e. The van der Waals surface area contributed by atoms with Crippen LogP contribution in [0.4, 0.5) is 5.69 Å². The molecule has 1 aliphatic heterocycles. The molecule has 0 bridgehead atoms. The van der Waals surface area contributed by atoms with Gasteiger partial charge in [-0.3, -0.25) is 9.69 Å². The van der Waals surface area contributed by atoms with Crippen LogP contribution >= 0.6 is 0 Å². The van der Waals surface area contributed by atoms with Crippen molar-refractivity contribution in [2.75, 3.05) is 31.5 Å². The van der Waals surface area contributed by atoms with Crippen molar-refractivity contribution in [3.05, 3.63) is 24.3 Å². The van der Waals surface area contributed by atoms with E-state index in [0.29, 0.717) is 5.69 Å². The summed E-state index contributed by atoms with van der Waals surface area (Å²) in [5.41, 5.74) is 0.588. The molecule has 0 unspecified atom stereocenters. The third-order valence-electron chi connectivity index (χ3n) is 3.90. The molecule has 8 heteroatoms. The Hall–Kier alpha value is -1.48. The van der Waals surface area contributed by atoms with Gasteiger partial charge >= 0.3 is 0 Å². The standard InChI is InChI=1S/C16H26N4O3S/c1-12(2)19-24(22,23)15-6-4-14(5-7-15)18-16(21)13(3)20-10-8-17-9-11-20/h4-7,12-13,17,19H,8-11H2,1-3H3,(H,18,21)/t13-/m0/s1. The van der Waals surface area contributed by atoms with Crippen molar-refractivity contribution >= 4 is 21.6 Å². The molecular formula is C16H26N4O3S. The summed E-state index contributed by atoms with van der Waals surface area (Å²) >= 11 is 0. The van der Waals surface area contributed by atoms with Crippen LogP contribution in [0, 0.1) is 0 Å². The number of hydrogen-bond acceptors (Lipinski definition) is 5. The van der Waals surface area contributed by atoms with Crippen molar-refractivity contribution in [3.63, 3.8) is 0 Å². The fourth-order valence-corrected chi connectivity index (χ4v) is 3.83. The topological polar surface area (TPSA) is 90.5 Å². The zero-order valence-electron chi connectivity index (χ0n) is 14.4. The maximum absolute atomic E-state index is 12.3. The molecule has 1 aromatic carbocycles. The fraction of sp³-hybridized carbons (Fsp3) is 0.562. The molecule has 7 nitrogen and oxygen atoms in total. The van der Waals surface area contributed by atoms with Crippen LogP contribution in [-0.2, 0) is 14.8 Å². The number of rotatable bonds is 6. The smallest absolute Gasteiger partial charge is 0.241 e. The number of amides is 1. The Bertz CT molecular complexity index is 652. The lowest BCUT2D eigenvalue weighted by molar-refractivity contribution is -0.120. The number of nitrogens with one attached hydrogen (secondary N) is 3. The number of anilines is 1. The predicted molar refractivity (Wildman–Crippen MR) is 94.4 cm³/mol. The van der Waals surface area contributed by atoms with Crippen LogP contribution in [0.15, 0.2) is 29.2 Å². The lowest BCUT2D eigenvalue weighted by Crippen LogP contribution is -2.51. The number of nitrogens with zero attached hydrogens (tertiary/aromatic N) is 1. The maximum atomic E-state index is 12.3. The van der Waals surface area contributed by atoms with Crippen LogP contribution in [0.25, 0.3) is 0 Å². The number of sulfonamides is 1. The molecule has 0 spiro atoms. The van der Waals surface area contributed by atoms with E-state index in [1.54, 1.807) is 26.0 Å². The number of carbonyl (C=O) groups is 1. The van der Waals surface area contributed by atoms with Gasteiger partial charge in [0, 0.05) is 37.9 Å². The fourth-order valence-electron chi connectivity index (χ4n) is 2.58. The van der Waals surface area contributed by atoms with Gasteiger partial charge in [0.1, 0.15) is 0 Å². The van der Waals surface area contributed by atoms with Crippen LogP contribution in [0.2, 0.25) is 0 Å². The molecule has 1 heterocycles. The molecule has 134 valence electrons. The molecule has 1 fully saturated rings. The van der Waals surface area contributed by atoms with Gasteiger partial charge in [0.15, 0.2) is 0 Å². The van der Waals surface area contributed by atoms with Crippen molar-refractivity contribution in [1.29, 1.82) is 0 Å². The number of hydrogen-bond donors (Lipinski definition) is 3. The van der Waals surface area contributed by atoms with E-state index < -0.39 is 10.0 Å². The first-order chi connectivity index (χ1) is 11.3. The SMILES string of the molecule is CC(C)NS(=O)(=O)c1ccc(NC(=O)[C@H](C)N2CCNCC2)cc1. The van der Waals surface area contributed by atoms with E-state index in [0.717, 1.165) is 26.2 Å². The van der Waals surface area contributed by atoms with Gasteiger partial charge in [-0.05, 0) is 45.0 Å². The van der Waals surface area contributed by atoms with Crippen LogP contribution in [0.5, 0.6) is 0 Å². The molecule has 24 heavy (non-hydrogen) atoms. The van der Waals surface area contributed by atoms with E-state index in [9.17, 15) is 13.2 Å². The van der Waals surface area contributed by atoms with Gasteiger partial charge < -0.3 is 10.6 Å². The minimum absolute atomic E-state index is 0.0900. The molecule has 0 aromatic heterocycles. The Morgan fingerprint density at radius 3 is 2.25 bits per heavy atom. The van der Waals surface area contributed by atoms with Gasteiger partial charge in [0.2, 0.25) is 15.9 Å². The van der Waals surface area contributed by atoms with Crippen LogP contribution in [-0.4, -0.2) is 57.5 Å². The Balaban J connectivity index is 1.99. The molecule has 1 atom stereocenters. The third-order valence-corrected chi connectivity index (χ3v) is 5.58. The van der Waals surface area contributed by atoms with Crippen molar-refractivity contribution in [3.8, 4) is 0 Å². The average molecular weight is 354 g/mol. The molecule has 3 N–H and O–H groups in total. The van der Waals surface area contributed by atoms with Gasteiger partial charge in [-0.2, -0.15) is 0 Å². The first-order valence-electron chi connectivity index (χ1n) is 8.17. The highest BCUT2D eigenvalue weighted by molar-refractivity contribution is 7.89. The molecule has 1 amide bonds. The molecule has 0 aliphatic carbocycles. The molecule has 2 rings (SSSR count). The highest BCUT2D eigenvalue weighted by Crippen LogP contribution is 2.15. The van der Waals surface area contributed by atoms with Crippen molar-refractivity contribution in [1.82, 2.24) is 14.9 Å². The molecule has 1 saturated heterocycles. The first-order valence-corrected chi connectivity index (χ1v) is 9.66. The second-order valence-electron chi connectivity index (χ2n) is 6.25. The van der Waals surface area contributed by atoms with E-state index in [-0.39, 0.29) is 22.9 Å². The van der Waals surface area contributed by atoms with E-state index in [2.05, 4.69) is 20.3 Å². The minimum atomic E-state index is -3.52. The second-order valence-corrected chi connectivity index (χ2v) is 7.97. The quantitative estimate of drug-likeness (QED) is 0.696. The molecule has 0 saturated carbocycles. The van der Waals surface area contributed by atoms with E-state index >= 15 is 0 Å². The second kappa shape index (κ2) is 8.06. The summed E-state index contributed by atoms with van der Waals surface area (Å²) in [7, 11) is -3.52. The van der Waals surface area contributed by atoms with Crippen molar-refractivity contribution < 1.29 is 13.2 Å². The molecule has 1 aromatic rings. The van der Waals surface area contributed by atoms with Gasteiger partial charge in [-0.15, -0.1) is 0 Å². The van der Waals surface area contributed by atoms with Gasteiger partial charge in [0.25, 0.3) is 0 Å². The first kappa shape index (κ1) is 18.9. The summed E-state index contributed by atoms with van der Waals surface area (Å²) in [5.74, 6) is -0.0900. The lowest BCUT2D eigenvalue weighted by atomic mass is 10.2. The van der Waals surface area contributed by atoms with Gasteiger partial charge in [-0.25, -0.2) is 13.1 Å². The Labute approximate surface area is 143 Å². The highest BCUT2D eigenvalue weighted by Gasteiger charge is 2.23. The zero-order valence-corrected chi connectivity index (χ0v) is 15.2. The van der Waals surface area contributed by atoms with Crippen LogP contribution in [0.1, 0.15) is 20.8 Å². The summed E-state index contributed by atoms with van der Waals surface area (Å²) in [6.45, 7) is 8.86. The Kier molecular flexibility index (Phi) is 6.34. The summed E-state index contributed by atoms with van der Waals surface area (Å²) in [6.07, 6.45) is 0. The highest BCUT2D eigenvalue weighted by atomic mass is 32.2. The third kappa shape index (κ3) is 5.01. The number of carbonyl (C=O) groups excluding carboxylic acids is 1. The lowest BCUT2D eigenvalue weighted by Gasteiger charge is -2.31. The van der Waals surface area contributed by atoms with Crippen molar-refractivity contribution in [2.45, 2.75) is 37.8 Å². The largest absolute Gasteiger partial charge is 0.325 e. The number of benzene rings is 1. The molecule has 1 aliphatic rings. The van der Waals surface area contributed by atoms with Gasteiger partial charge in [0.05, 0.1) is 10.9 Å². The zero-order chi connectivity index (χ0) is 17.7. The Morgan fingerprint density at radius 1 is 1.12 bits per heavy atom. The average Bonchev–Trinajstić information content (AvgIpc) is 2.54. The summed E-state index contributed by atoms with van der Waals surface area (Å²) in [4.78, 5) is 14.6. The van der Waals surface area contributed by atoms with Gasteiger partial charge in [-0.1, -0.05) is 0 Å². The van der Waals surface area contributed by atoms with Crippen LogP contribution < -0.4 is 15.4 Å². The minimum Gasteiger partial charge on any atom is -0.325 e. The van der Waals surface area contributed by atoms with Crippen LogP contribution in [0.3, 0.4) is 0 Å². The monoisotopic (exact) mass is 354 g/mol. The van der Waals surface area contributed by atoms with E-state index in [1.165, 1.54) is 12.1 Å². The van der Waals surface area contributed by atoms with Crippen molar-refractivity contribution in [2.24, 2.45) is 0 Å². The Morgan fingerprint density at radius 2 is 1.71 bits per heavy atom. The summed E-state index contributed by atoms with van der Waals surface area (Å²) in [6, 6.07) is 5.81. The normalized spacial score (nSPS) is 17.7. The summed E-state index contributed by atoms with van der Waals surface area (Å²) in [5, 5.41) is 6.10. The molecule has 0 radical (unpaired) electrons. The van der Waals surface area contributed by atoms with E-state index in [1.807, 2.05) is 6.92 Å².